The number of hydrogen-bond donors (Lipinski definition) is 0. The normalized spacial score (nSPS) is 14.8. The van der Waals surface area contributed by atoms with Crippen molar-refractivity contribution < 1.29 is 19.0 Å². The highest BCUT2D eigenvalue weighted by Crippen LogP contribution is 2.37. The fourth-order valence-corrected chi connectivity index (χ4v) is 6.88. The number of allylic oxidation sites excluding steroid dienone is 1. The van der Waals surface area contributed by atoms with E-state index in [1.54, 1.807) is 44.8 Å². The Morgan fingerprint density at radius 3 is 2.57 bits per heavy atom. The van der Waals surface area contributed by atoms with Gasteiger partial charge in [-0.15, -0.1) is 0 Å². The third-order valence-electron chi connectivity index (χ3n) is 7.62. The van der Waals surface area contributed by atoms with Crippen molar-refractivity contribution >= 4 is 50.2 Å². The van der Waals surface area contributed by atoms with Crippen LogP contribution in [0.25, 0.3) is 17.0 Å². The zero-order chi connectivity index (χ0) is 31.0. The van der Waals surface area contributed by atoms with Gasteiger partial charge in [-0.1, -0.05) is 57.6 Å². The Balaban J connectivity index is 1.53. The molecule has 0 radical (unpaired) electrons. The van der Waals surface area contributed by atoms with Crippen molar-refractivity contribution in [2.24, 2.45) is 4.99 Å². The number of fused-ring (bicyclic) bond motifs is 2. The summed E-state index contributed by atoms with van der Waals surface area (Å²) >= 11 is 4.80. The molecule has 0 N–H and O–H groups in total. The first-order valence-corrected chi connectivity index (χ1v) is 15.7. The molecule has 2 aromatic heterocycles. The zero-order valence-corrected chi connectivity index (χ0v) is 27.1. The number of aromatic nitrogens is 2. The molecule has 1 atom stereocenters. The molecule has 0 fully saturated rings. The number of carbonyl (C=O) groups is 1. The molecule has 3 heterocycles. The monoisotopic (exact) mass is 671 g/mol. The first-order valence-electron chi connectivity index (χ1n) is 14.1. The van der Waals surface area contributed by atoms with Gasteiger partial charge in [-0.2, -0.15) is 0 Å². The molecule has 1 aliphatic heterocycles. The molecule has 0 unspecified atom stereocenters. The second-order valence-electron chi connectivity index (χ2n) is 10.3. The third-order valence-corrected chi connectivity index (χ3v) is 9.14. The molecular formula is C34H30BrN3O5S. The number of ether oxygens (including phenoxy) is 3. The largest absolute Gasteiger partial charge is 0.497 e. The quantitative estimate of drug-likeness (QED) is 0.201. The maximum atomic E-state index is 14.3. The molecule has 3 aromatic carbocycles. The minimum Gasteiger partial charge on any atom is -0.497 e. The summed E-state index contributed by atoms with van der Waals surface area (Å²) in [5.74, 6) is 0.550. The van der Waals surface area contributed by atoms with Crippen LogP contribution in [0.4, 0.5) is 0 Å². The third kappa shape index (κ3) is 5.39. The average molecular weight is 673 g/mol. The molecule has 0 saturated heterocycles. The number of rotatable bonds is 8. The number of esters is 1. The van der Waals surface area contributed by atoms with Crippen LogP contribution in [-0.4, -0.2) is 35.9 Å². The first-order chi connectivity index (χ1) is 21.3. The van der Waals surface area contributed by atoms with Gasteiger partial charge < -0.3 is 18.8 Å². The minimum atomic E-state index is -0.799. The molecule has 0 saturated carbocycles. The molecular weight excluding hydrogens is 642 g/mol. The van der Waals surface area contributed by atoms with Gasteiger partial charge in [-0.05, 0) is 55.8 Å². The van der Waals surface area contributed by atoms with Gasteiger partial charge in [-0.3, -0.25) is 9.36 Å². The maximum Gasteiger partial charge on any atom is 0.338 e. The van der Waals surface area contributed by atoms with E-state index in [0.29, 0.717) is 44.2 Å². The van der Waals surface area contributed by atoms with Crippen molar-refractivity contribution in [3.63, 3.8) is 0 Å². The second-order valence-corrected chi connectivity index (χ2v) is 12.2. The van der Waals surface area contributed by atoms with Crippen LogP contribution in [0.5, 0.6) is 11.5 Å². The topological polar surface area (TPSA) is 84.1 Å². The molecule has 0 amide bonds. The highest BCUT2D eigenvalue weighted by Gasteiger charge is 2.35. The highest BCUT2D eigenvalue weighted by molar-refractivity contribution is 9.10. The smallest absolute Gasteiger partial charge is 0.338 e. The van der Waals surface area contributed by atoms with Gasteiger partial charge in [0.15, 0.2) is 4.80 Å². The van der Waals surface area contributed by atoms with Crippen LogP contribution >= 0.6 is 27.3 Å². The van der Waals surface area contributed by atoms with E-state index < -0.39 is 12.0 Å². The van der Waals surface area contributed by atoms with Gasteiger partial charge >= 0.3 is 5.97 Å². The number of para-hydroxylation sites is 1. The van der Waals surface area contributed by atoms with E-state index in [1.165, 1.54) is 11.3 Å². The van der Waals surface area contributed by atoms with Gasteiger partial charge in [0.25, 0.3) is 5.56 Å². The number of halogens is 1. The van der Waals surface area contributed by atoms with Crippen LogP contribution < -0.4 is 24.4 Å². The van der Waals surface area contributed by atoms with Crippen molar-refractivity contribution in [3.8, 4) is 11.5 Å². The van der Waals surface area contributed by atoms with E-state index in [0.717, 1.165) is 26.5 Å². The summed E-state index contributed by atoms with van der Waals surface area (Å²) in [5, 5.41) is 1.03. The number of thiazole rings is 1. The van der Waals surface area contributed by atoms with Gasteiger partial charge in [-0.25, -0.2) is 9.79 Å². The summed E-state index contributed by atoms with van der Waals surface area (Å²) in [5.41, 5.74) is 4.31. The summed E-state index contributed by atoms with van der Waals surface area (Å²) in [7, 11) is 3.12. The summed E-state index contributed by atoms with van der Waals surface area (Å²) in [6.07, 6.45) is 3.99. The van der Waals surface area contributed by atoms with E-state index >= 15 is 0 Å². The van der Waals surface area contributed by atoms with Crippen LogP contribution in [0.2, 0.25) is 0 Å². The minimum absolute atomic E-state index is 0.191. The molecule has 5 aromatic rings. The number of nitrogens with zero attached hydrogens (tertiary/aromatic N) is 3. The number of hydrogen-bond acceptors (Lipinski definition) is 7. The van der Waals surface area contributed by atoms with E-state index in [-0.39, 0.29) is 12.2 Å². The molecule has 224 valence electrons. The first kappa shape index (κ1) is 29.7. The van der Waals surface area contributed by atoms with Gasteiger partial charge in [0, 0.05) is 45.3 Å². The highest BCUT2D eigenvalue weighted by atomic mass is 79.9. The summed E-state index contributed by atoms with van der Waals surface area (Å²) in [6, 6.07) is 20.9. The molecule has 1 aliphatic rings. The molecule has 0 aliphatic carbocycles. The van der Waals surface area contributed by atoms with Crippen molar-refractivity contribution in [3.05, 3.63) is 125 Å². The van der Waals surface area contributed by atoms with Crippen LogP contribution in [0.1, 0.15) is 36.6 Å². The Morgan fingerprint density at radius 1 is 1.07 bits per heavy atom. The van der Waals surface area contributed by atoms with Gasteiger partial charge in [0.1, 0.15) is 17.5 Å². The second kappa shape index (κ2) is 12.3. The number of methoxy groups -OCH3 is 2. The Kier molecular flexibility index (Phi) is 8.29. The van der Waals surface area contributed by atoms with Crippen LogP contribution in [0.3, 0.4) is 0 Å². The number of carbonyl (C=O) groups excluding carboxylic acids is 1. The molecule has 6 rings (SSSR count). The average Bonchev–Trinajstić information content (AvgIpc) is 3.53. The summed E-state index contributed by atoms with van der Waals surface area (Å²) < 4.78 is 21.8. The fourth-order valence-electron chi connectivity index (χ4n) is 5.58. The molecule has 8 nitrogen and oxygen atoms in total. The summed E-state index contributed by atoms with van der Waals surface area (Å²) in [6.45, 7) is 4.39. The Bertz CT molecular complexity index is 2110. The van der Waals surface area contributed by atoms with Gasteiger partial charge in [0.05, 0.1) is 36.6 Å². The fraction of sp³-hybridized carbons (Fsp3) is 0.206. The Morgan fingerprint density at radius 2 is 1.84 bits per heavy atom. The summed E-state index contributed by atoms with van der Waals surface area (Å²) in [4.78, 5) is 32.8. The lowest BCUT2D eigenvalue weighted by molar-refractivity contribution is -0.139. The van der Waals surface area contributed by atoms with Crippen molar-refractivity contribution in [1.29, 1.82) is 0 Å². The van der Waals surface area contributed by atoms with E-state index in [4.69, 9.17) is 19.2 Å². The predicted octanol–water partition coefficient (Wildman–Crippen LogP) is 5.58. The predicted molar refractivity (Wildman–Crippen MR) is 175 cm³/mol. The van der Waals surface area contributed by atoms with Crippen LogP contribution in [0.15, 0.2) is 98.5 Å². The van der Waals surface area contributed by atoms with E-state index in [2.05, 4.69) is 51.0 Å². The Hall–Kier alpha value is -4.41. The SMILES string of the molecule is CCOC(=O)C1=C(C)N=c2s/c(=C/c3cn(Cc4ccc(Br)cc4)c4ccccc34)c(=O)n2[C@H]1c1ccc(OC)cc1OC. The lowest BCUT2D eigenvalue weighted by atomic mass is 9.95. The van der Waals surface area contributed by atoms with Crippen molar-refractivity contribution in [2.45, 2.75) is 26.4 Å². The van der Waals surface area contributed by atoms with Crippen LogP contribution in [-0.2, 0) is 16.1 Å². The lowest BCUT2D eigenvalue weighted by Crippen LogP contribution is -2.40. The molecule has 0 bridgehead atoms. The molecule has 10 heteroatoms. The van der Waals surface area contributed by atoms with Crippen molar-refractivity contribution in [2.75, 3.05) is 20.8 Å². The molecule has 0 spiro atoms. The number of benzene rings is 3. The zero-order valence-electron chi connectivity index (χ0n) is 24.7. The van der Waals surface area contributed by atoms with Crippen LogP contribution in [0, 0.1) is 0 Å². The molecule has 44 heavy (non-hydrogen) atoms. The van der Waals surface area contributed by atoms with Crippen molar-refractivity contribution in [1.82, 2.24) is 9.13 Å². The maximum absolute atomic E-state index is 14.3. The van der Waals surface area contributed by atoms with Gasteiger partial charge in [0.2, 0.25) is 0 Å². The van der Waals surface area contributed by atoms with E-state index in [9.17, 15) is 9.59 Å². The van der Waals surface area contributed by atoms with E-state index in [1.807, 2.05) is 36.4 Å². The Labute approximate surface area is 266 Å². The lowest BCUT2D eigenvalue weighted by Gasteiger charge is -2.26. The standard InChI is InChI=1S/C34H30BrN3O5S/c1-5-43-33(40)30-20(2)36-34-38(31(30)26-15-14-24(41-3)17-28(26)42-4)32(39)29(44-34)16-22-19-37(27-9-7-6-8-25(22)27)18-21-10-12-23(35)13-11-21/h6-17,19,31H,5,18H2,1-4H3/b29-16+/t31-/m0/s1.